The van der Waals surface area contributed by atoms with Gasteiger partial charge in [0.1, 0.15) is 0 Å². The summed E-state index contributed by atoms with van der Waals surface area (Å²) in [7, 11) is 0. The van der Waals surface area contributed by atoms with E-state index in [1.165, 1.54) is 33.6 Å². The van der Waals surface area contributed by atoms with E-state index in [1.807, 2.05) is 12.3 Å². The number of benzene rings is 2. The minimum Gasteiger partial charge on any atom is -0.383 e. The maximum Gasteiger partial charge on any atom is 0.0543 e. The van der Waals surface area contributed by atoms with E-state index in [-0.39, 0.29) is 16.8 Å². The van der Waals surface area contributed by atoms with Crippen LogP contribution in [-0.4, -0.2) is 36.1 Å². The van der Waals surface area contributed by atoms with Gasteiger partial charge in [-0.3, -0.25) is 9.88 Å². The zero-order valence-corrected chi connectivity index (χ0v) is 20.1. The van der Waals surface area contributed by atoms with Crippen LogP contribution in [0.5, 0.6) is 0 Å². The summed E-state index contributed by atoms with van der Waals surface area (Å²) >= 11 is 0. The van der Waals surface area contributed by atoms with Crippen molar-refractivity contribution in [3.05, 3.63) is 88.7 Å². The van der Waals surface area contributed by atoms with Gasteiger partial charge in [0.25, 0.3) is 0 Å². The number of hydrogen-bond acceptors (Lipinski definition) is 4. The van der Waals surface area contributed by atoms with Crippen LogP contribution in [0.25, 0.3) is 0 Å². The predicted octanol–water partition coefficient (Wildman–Crippen LogP) is 5.34. The fourth-order valence-electron chi connectivity index (χ4n) is 3.86. The molecule has 0 fully saturated rings. The van der Waals surface area contributed by atoms with Crippen LogP contribution in [0.3, 0.4) is 0 Å². The Labute approximate surface area is 197 Å². The molecule has 1 aromatic heterocycles. The summed E-state index contributed by atoms with van der Waals surface area (Å²) in [4.78, 5) is 6.99. The van der Waals surface area contributed by atoms with Gasteiger partial charge < -0.3 is 10.6 Å². The average molecular weight is 462 g/mol. The number of aryl methyl sites for hydroxylation is 4. The smallest absolute Gasteiger partial charge is 0.0543 e. The van der Waals surface area contributed by atoms with Crippen LogP contribution >= 0.6 is 0 Å². The molecule has 1 heterocycles. The molecule has 4 nitrogen and oxygen atoms in total. The molecule has 2 N–H and O–H groups in total. The van der Waals surface area contributed by atoms with Crippen molar-refractivity contribution in [3.63, 3.8) is 0 Å². The van der Waals surface area contributed by atoms with Gasteiger partial charge in [-0.2, -0.15) is 0 Å². The number of anilines is 2. The quantitative estimate of drug-likeness (QED) is 0.428. The molecule has 3 aromatic rings. The molecule has 167 valence electrons. The molecule has 0 unspecified atom stereocenters. The van der Waals surface area contributed by atoms with E-state index < -0.39 is 0 Å². The first-order valence-electron chi connectivity index (χ1n) is 10.8. The number of aromatic nitrogens is 1. The van der Waals surface area contributed by atoms with Crippen LogP contribution in [-0.2, 0) is 23.3 Å². The molecule has 0 spiro atoms. The van der Waals surface area contributed by atoms with Crippen molar-refractivity contribution < 1.29 is 16.8 Å². The molecule has 0 saturated heterocycles. The van der Waals surface area contributed by atoms with Gasteiger partial charge in [0.2, 0.25) is 0 Å². The molecular weight excluding hydrogens is 427 g/mol. The SMILES string of the molecule is Cc1cccc(C)c1NCCN(CCNc1c(C)cccc1C)Cc1ccccn1.[Co]. The third-order valence-electron chi connectivity index (χ3n) is 5.53. The molecule has 0 amide bonds. The van der Waals surface area contributed by atoms with Crippen LogP contribution in [0, 0.1) is 27.7 Å². The molecule has 0 bridgehead atoms. The molecule has 0 aliphatic heterocycles. The van der Waals surface area contributed by atoms with E-state index >= 15 is 0 Å². The molecule has 31 heavy (non-hydrogen) atoms. The standard InChI is InChI=1S/C26H34N4.Co/c1-20-9-7-10-21(2)25(20)28-15-17-30(19-24-13-5-6-14-27-24)18-16-29-26-22(3)11-8-12-23(26)4;/h5-14,28-29H,15-19H2,1-4H3;. The van der Waals surface area contributed by atoms with E-state index in [1.54, 1.807) is 0 Å². The molecule has 2 aromatic carbocycles. The third-order valence-corrected chi connectivity index (χ3v) is 5.53. The number of pyridine rings is 1. The summed E-state index contributed by atoms with van der Waals surface area (Å²) in [6.07, 6.45) is 1.87. The Morgan fingerprint density at radius 1 is 0.677 bits per heavy atom. The fourth-order valence-corrected chi connectivity index (χ4v) is 3.86. The van der Waals surface area contributed by atoms with E-state index in [0.717, 1.165) is 38.4 Å². The summed E-state index contributed by atoms with van der Waals surface area (Å²) in [6, 6.07) is 19.0. The van der Waals surface area contributed by atoms with Crippen molar-refractivity contribution in [2.24, 2.45) is 0 Å². The molecule has 3 rings (SSSR count). The van der Waals surface area contributed by atoms with Crippen molar-refractivity contribution in [1.82, 2.24) is 9.88 Å². The van der Waals surface area contributed by atoms with Crippen molar-refractivity contribution in [2.45, 2.75) is 34.2 Å². The molecule has 1 radical (unpaired) electrons. The Bertz CT molecular complexity index is 845. The maximum atomic E-state index is 4.53. The Hall–Kier alpha value is -2.34. The zero-order chi connectivity index (χ0) is 21.3. The minimum atomic E-state index is 0. The van der Waals surface area contributed by atoms with E-state index in [2.05, 4.69) is 96.7 Å². The van der Waals surface area contributed by atoms with Crippen molar-refractivity contribution in [2.75, 3.05) is 36.8 Å². The van der Waals surface area contributed by atoms with Crippen LogP contribution in [0.4, 0.5) is 11.4 Å². The van der Waals surface area contributed by atoms with Crippen LogP contribution in [0.1, 0.15) is 27.9 Å². The number of para-hydroxylation sites is 2. The van der Waals surface area contributed by atoms with Crippen LogP contribution < -0.4 is 10.6 Å². The minimum absolute atomic E-state index is 0. The van der Waals surface area contributed by atoms with Gasteiger partial charge >= 0.3 is 0 Å². The Kier molecular flexibility index (Phi) is 10.0. The van der Waals surface area contributed by atoms with Crippen LogP contribution in [0.2, 0.25) is 0 Å². The first-order chi connectivity index (χ1) is 14.5. The summed E-state index contributed by atoms with van der Waals surface area (Å²) in [5.41, 5.74) is 8.79. The van der Waals surface area contributed by atoms with Gasteiger partial charge in [-0.05, 0) is 62.1 Å². The summed E-state index contributed by atoms with van der Waals surface area (Å²) < 4.78 is 0. The van der Waals surface area contributed by atoms with E-state index in [0.29, 0.717) is 0 Å². The second-order valence-electron chi connectivity index (χ2n) is 7.98. The maximum absolute atomic E-state index is 4.53. The van der Waals surface area contributed by atoms with Crippen molar-refractivity contribution in [3.8, 4) is 0 Å². The van der Waals surface area contributed by atoms with Gasteiger partial charge in [-0.1, -0.05) is 42.5 Å². The fraction of sp³-hybridized carbons (Fsp3) is 0.346. The average Bonchev–Trinajstić information content (AvgIpc) is 2.73. The zero-order valence-electron chi connectivity index (χ0n) is 19.0. The summed E-state index contributed by atoms with van der Waals surface area (Å²) in [5.74, 6) is 0. The normalized spacial score (nSPS) is 10.6. The first kappa shape index (κ1) is 24.9. The second-order valence-corrected chi connectivity index (χ2v) is 7.98. The summed E-state index contributed by atoms with van der Waals surface area (Å²) in [6.45, 7) is 13.2. The van der Waals surface area contributed by atoms with Gasteiger partial charge in [-0.25, -0.2) is 0 Å². The molecule has 5 heteroatoms. The second kappa shape index (κ2) is 12.5. The predicted molar refractivity (Wildman–Crippen MR) is 128 cm³/mol. The number of hydrogen-bond donors (Lipinski definition) is 2. The van der Waals surface area contributed by atoms with Gasteiger partial charge in [0.15, 0.2) is 0 Å². The largest absolute Gasteiger partial charge is 0.383 e. The summed E-state index contributed by atoms with van der Waals surface area (Å²) in [5, 5.41) is 7.28. The Morgan fingerprint density at radius 2 is 1.16 bits per heavy atom. The molecule has 0 aliphatic carbocycles. The number of nitrogens with one attached hydrogen (secondary N) is 2. The Balaban J connectivity index is 0.00000341. The molecular formula is C26H34CoN4. The third kappa shape index (κ3) is 7.38. The first-order valence-corrected chi connectivity index (χ1v) is 10.8. The monoisotopic (exact) mass is 461 g/mol. The number of nitrogens with zero attached hydrogens (tertiary/aromatic N) is 2. The van der Waals surface area contributed by atoms with Gasteiger partial charge in [0.05, 0.1) is 5.69 Å². The number of rotatable bonds is 10. The Morgan fingerprint density at radius 3 is 1.58 bits per heavy atom. The molecule has 0 aliphatic rings. The van der Waals surface area contributed by atoms with Gasteiger partial charge in [0, 0.05) is 67.1 Å². The van der Waals surface area contributed by atoms with Crippen molar-refractivity contribution >= 4 is 11.4 Å². The van der Waals surface area contributed by atoms with Crippen molar-refractivity contribution in [1.29, 1.82) is 0 Å². The van der Waals surface area contributed by atoms with E-state index in [4.69, 9.17) is 0 Å². The molecule has 0 saturated carbocycles. The van der Waals surface area contributed by atoms with Crippen LogP contribution in [0.15, 0.2) is 60.8 Å². The van der Waals surface area contributed by atoms with E-state index in [9.17, 15) is 0 Å². The topological polar surface area (TPSA) is 40.2 Å². The molecule has 0 atom stereocenters. The van der Waals surface area contributed by atoms with Gasteiger partial charge in [-0.15, -0.1) is 0 Å².